The monoisotopic (exact) mass is 440 g/mol. The van der Waals surface area contributed by atoms with Crippen LogP contribution in [0.1, 0.15) is 53.1 Å². The van der Waals surface area contributed by atoms with Crippen LogP contribution in [-0.2, 0) is 11.3 Å². The molecule has 7 heteroatoms. The number of carbonyl (C=O) groups is 2. The van der Waals surface area contributed by atoms with Gasteiger partial charge in [0.25, 0.3) is 0 Å². The molecule has 2 saturated heterocycles. The number of benzene rings is 2. The van der Waals surface area contributed by atoms with Gasteiger partial charge in [-0.3, -0.25) is 9.80 Å². The highest BCUT2D eigenvalue weighted by Crippen LogP contribution is 2.41. The van der Waals surface area contributed by atoms with E-state index in [1.807, 2.05) is 0 Å². The van der Waals surface area contributed by atoms with E-state index in [1.54, 1.807) is 17.0 Å². The van der Waals surface area contributed by atoms with Crippen molar-refractivity contribution in [1.29, 1.82) is 0 Å². The van der Waals surface area contributed by atoms with Gasteiger partial charge in [0.1, 0.15) is 5.60 Å². The number of hydrogen-bond donors (Lipinski definition) is 1. The second-order valence-corrected chi connectivity index (χ2v) is 9.37. The maximum atomic E-state index is 12.5. The average molecular weight is 441 g/mol. The quantitative estimate of drug-likeness (QED) is 0.715. The van der Waals surface area contributed by atoms with E-state index in [9.17, 15) is 9.59 Å². The summed E-state index contributed by atoms with van der Waals surface area (Å²) in [5.41, 5.74) is 2.98. The van der Waals surface area contributed by atoms with Crippen molar-refractivity contribution in [2.45, 2.75) is 43.7 Å². The molecule has 162 valence electrons. The molecule has 1 amide bonds. The molecule has 3 fully saturated rings. The molecule has 1 saturated carbocycles. The highest BCUT2D eigenvalue weighted by atomic mass is 35.5. The Hall–Kier alpha value is -2.57. The summed E-state index contributed by atoms with van der Waals surface area (Å²) in [5, 5.41) is 9.87. The molecule has 1 spiro atoms. The maximum Gasteiger partial charge on any atom is 0.415 e. The van der Waals surface area contributed by atoms with Crippen LogP contribution < -0.4 is 4.90 Å². The number of carbonyl (C=O) groups excluding carboxylic acids is 1. The standard InChI is InChI=1S/C24H25ClN2O4/c25-20-12-16(11-19(13-20)17-1-2-17)14-26-9-7-24(8-10-26)15-27(23(30)31-24)21-5-3-18(4-6-21)22(28)29/h3-6,11-13,17H,1-2,7-10,14-15H2,(H,28,29). The molecule has 31 heavy (non-hydrogen) atoms. The molecule has 2 aromatic carbocycles. The number of halogens is 1. The lowest BCUT2D eigenvalue weighted by Gasteiger charge is -2.37. The van der Waals surface area contributed by atoms with Crippen molar-refractivity contribution < 1.29 is 19.4 Å². The first-order chi connectivity index (χ1) is 14.9. The third kappa shape index (κ3) is 4.27. The summed E-state index contributed by atoms with van der Waals surface area (Å²) < 4.78 is 5.83. The fourth-order valence-electron chi connectivity index (χ4n) is 4.66. The highest BCUT2D eigenvalue weighted by molar-refractivity contribution is 6.30. The lowest BCUT2D eigenvalue weighted by atomic mass is 9.91. The lowest BCUT2D eigenvalue weighted by Crippen LogP contribution is -2.46. The van der Waals surface area contributed by atoms with Crippen LogP contribution in [0.5, 0.6) is 0 Å². The van der Waals surface area contributed by atoms with Crippen molar-refractivity contribution in [2.75, 3.05) is 24.5 Å². The summed E-state index contributed by atoms with van der Waals surface area (Å²) in [6.07, 6.45) is 3.71. The Bertz CT molecular complexity index is 1010. The van der Waals surface area contributed by atoms with E-state index in [0.29, 0.717) is 18.2 Å². The van der Waals surface area contributed by atoms with Gasteiger partial charge in [0.15, 0.2) is 0 Å². The predicted molar refractivity (Wildman–Crippen MR) is 118 cm³/mol. The molecule has 1 aliphatic carbocycles. The van der Waals surface area contributed by atoms with E-state index in [-0.39, 0.29) is 11.7 Å². The van der Waals surface area contributed by atoms with Gasteiger partial charge in [0.2, 0.25) is 0 Å². The van der Waals surface area contributed by atoms with E-state index in [0.717, 1.165) is 37.5 Å². The number of likely N-dealkylation sites (tertiary alicyclic amines) is 1. The number of aromatic carboxylic acids is 1. The highest BCUT2D eigenvalue weighted by Gasteiger charge is 2.47. The molecule has 2 aromatic rings. The molecular formula is C24H25ClN2O4. The van der Waals surface area contributed by atoms with Crippen LogP contribution in [0.2, 0.25) is 5.02 Å². The first-order valence-electron chi connectivity index (χ1n) is 10.8. The average Bonchev–Trinajstić information content (AvgIpc) is 3.54. The van der Waals surface area contributed by atoms with E-state index in [2.05, 4.69) is 23.1 Å². The largest absolute Gasteiger partial charge is 0.478 e. The second-order valence-electron chi connectivity index (χ2n) is 8.93. The first kappa shape index (κ1) is 20.3. The molecule has 6 nitrogen and oxygen atoms in total. The van der Waals surface area contributed by atoms with Gasteiger partial charge >= 0.3 is 12.1 Å². The summed E-state index contributed by atoms with van der Waals surface area (Å²) in [4.78, 5) is 27.6. The van der Waals surface area contributed by atoms with Gasteiger partial charge in [0.05, 0.1) is 12.1 Å². The van der Waals surface area contributed by atoms with Gasteiger partial charge in [-0.2, -0.15) is 0 Å². The van der Waals surface area contributed by atoms with Crippen LogP contribution >= 0.6 is 11.6 Å². The number of amides is 1. The number of carboxylic acids is 1. The van der Waals surface area contributed by atoms with Gasteiger partial charge in [-0.25, -0.2) is 9.59 Å². The normalized spacial score (nSPS) is 20.8. The Kier molecular flexibility index (Phi) is 5.15. The van der Waals surface area contributed by atoms with Crippen LogP contribution in [0.3, 0.4) is 0 Å². The molecule has 2 heterocycles. The van der Waals surface area contributed by atoms with Crippen molar-refractivity contribution in [3.05, 3.63) is 64.2 Å². The molecule has 0 radical (unpaired) electrons. The van der Waals surface area contributed by atoms with E-state index in [4.69, 9.17) is 21.4 Å². The number of nitrogens with zero attached hydrogens (tertiary/aromatic N) is 2. The predicted octanol–water partition coefficient (Wildman–Crippen LogP) is 4.91. The first-order valence-corrected chi connectivity index (χ1v) is 11.1. The molecule has 0 atom stereocenters. The number of hydrogen-bond acceptors (Lipinski definition) is 4. The van der Waals surface area contributed by atoms with Crippen molar-refractivity contribution in [1.82, 2.24) is 4.90 Å². The molecule has 0 unspecified atom stereocenters. The van der Waals surface area contributed by atoms with Gasteiger partial charge in [-0.05, 0) is 66.3 Å². The number of carboxylic acid groups (broad SMARTS) is 1. The summed E-state index contributed by atoms with van der Waals surface area (Å²) in [6, 6.07) is 12.8. The Labute approximate surface area is 186 Å². The SMILES string of the molecule is O=C(O)c1ccc(N2CC3(CCN(Cc4cc(Cl)cc(C5CC5)c4)CC3)OC2=O)cc1. The Morgan fingerprint density at radius 2 is 1.84 bits per heavy atom. The molecule has 5 rings (SSSR count). The number of rotatable bonds is 5. The molecule has 0 bridgehead atoms. The lowest BCUT2D eigenvalue weighted by molar-refractivity contribution is -0.000983. The minimum absolute atomic E-state index is 0.199. The summed E-state index contributed by atoms with van der Waals surface area (Å²) in [6.45, 7) is 3.05. The zero-order valence-electron chi connectivity index (χ0n) is 17.2. The van der Waals surface area contributed by atoms with Gasteiger partial charge in [-0.1, -0.05) is 17.7 Å². The van der Waals surface area contributed by atoms with Crippen LogP contribution in [0.25, 0.3) is 0 Å². The summed E-state index contributed by atoms with van der Waals surface area (Å²) in [7, 11) is 0. The summed E-state index contributed by atoms with van der Waals surface area (Å²) in [5.74, 6) is -0.307. The van der Waals surface area contributed by atoms with E-state index >= 15 is 0 Å². The topological polar surface area (TPSA) is 70.1 Å². The minimum atomic E-state index is -0.983. The van der Waals surface area contributed by atoms with E-state index in [1.165, 1.54) is 36.1 Å². The smallest absolute Gasteiger partial charge is 0.415 e. The zero-order valence-corrected chi connectivity index (χ0v) is 18.0. The Morgan fingerprint density at radius 3 is 2.48 bits per heavy atom. The van der Waals surface area contributed by atoms with Gasteiger partial charge < -0.3 is 9.84 Å². The molecule has 0 aromatic heterocycles. The van der Waals surface area contributed by atoms with Crippen molar-refractivity contribution in [3.63, 3.8) is 0 Å². The van der Waals surface area contributed by atoms with Crippen molar-refractivity contribution in [3.8, 4) is 0 Å². The molecular weight excluding hydrogens is 416 g/mol. The molecule has 3 aliphatic rings. The fourth-order valence-corrected chi connectivity index (χ4v) is 4.93. The summed E-state index contributed by atoms with van der Waals surface area (Å²) >= 11 is 6.34. The number of ether oxygens (including phenoxy) is 1. The van der Waals surface area contributed by atoms with Crippen LogP contribution in [0.15, 0.2) is 42.5 Å². The van der Waals surface area contributed by atoms with Crippen molar-refractivity contribution >= 4 is 29.4 Å². The Balaban J connectivity index is 1.22. The van der Waals surface area contributed by atoms with Gasteiger partial charge in [0, 0.05) is 43.2 Å². The Morgan fingerprint density at radius 1 is 1.13 bits per heavy atom. The zero-order chi connectivity index (χ0) is 21.6. The number of anilines is 1. The third-order valence-corrected chi connectivity index (χ3v) is 6.82. The molecule has 1 N–H and O–H groups in total. The number of piperidine rings is 1. The van der Waals surface area contributed by atoms with Crippen LogP contribution in [0.4, 0.5) is 10.5 Å². The van der Waals surface area contributed by atoms with Gasteiger partial charge in [-0.15, -0.1) is 0 Å². The molecule has 2 aliphatic heterocycles. The fraction of sp³-hybridized carbons (Fsp3) is 0.417. The van der Waals surface area contributed by atoms with Crippen LogP contribution in [0, 0.1) is 0 Å². The maximum absolute atomic E-state index is 12.5. The second kappa shape index (κ2) is 7.84. The third-order valence-electron chi connectivity index (χ3n) is 6.60. The minimum Gasteiger partial charge on any atom is -0.478 e. The van der Waals surface area contributed by atoms with Crippen molar-refractivity contribution in [2.24, 2.45) is 0 Å². The van der Waals surface area contributed by atoms with E-state index < -0.39 is 11.6 Å². The van der Waals surface area contributed by atoms with Crippen LogP contribution in [-0.4, -0.2) is 47.3 Å².